The number of benzene rings is 1. The number of aliphatic hydroxyl groups is 2. The highest BCUT2D eigenvalue weighted by molar-refractivity contribution is 6.33. The van der Waals surface area contributed by atoms with Crippen molar-refractivity contribution in [2.24, 2.45) is 0 Å². The summed E-state index contributed by atoms with van der Waals surface area (Å²) in [6.45, 7) is -0.311. The number of hydrogen-bond donors (Lipinski definition) is 4. The van der Waals surface area contributed by atoms with E-state index in [1.807, 2.05) is 0 Å². The summed E-state index contributed by atoms with van der Waals surface area (Å²) in [4.78, 5) is 0. The van der Waals surface area contributed by atoms with Crippen LogP contribution in [0.15, 0.2) is 18.2 Å². The molecule has 0 aliphatic heterocycles. The second-order valence-electron chi connectivity index (χ2n) is 2.95. The molecular formula is C9H13ClN2O2. The fourth-order valence-corrected chi connectivity index (χ4v) is 1.26. The molecule has 0 heterocycles. The van der Waals surface area contributed by atoms with Gasteiger partial charge in [-0.1, -0.05) is 11.6 Å². The molecule has 14 heavy (non-hydrogen) atoms. The number of rotatable bonds is 4. The number of nitrogens with two attached hydrogens (primary N) is 1. The van der Waals surface area contributed by atoms with Gasteiger partial charge < -0.3 is 21.3 Å². The minimum Gasteiger partial charge on any atom is -0.399 e. The van der Waals surface area contributed by atoms with E-state index in [0.717, 1.165) is 0 Å². The second kappa shape index (κ2) is 5.05. The summed E-state index contributed by atoms with van der Waals surface area (Å²) in [5, 5.41) is 21.0. The molecule has 0 saturated heterocycles. The van der Waals surface area contributed by atoms with Crippen LogP contribution in [0.1, 0.15) is 0 Å². The van der Waals surface area contributed by atoms with E-state index in [-0.39, 0.29) is 13.2 Å². The molecule has 0 amide bonds. The van der Waals surface area contributed by atoms with E-state index in [0.29, 0.717) is 16.4 Å². The molecule has 5 heteroatoms. The van der Waals surface area contributed by atoms with Crippen molar-refractivity contribution in [2.75, 3.05) is 24.3 Å². The minimum atomic E-state index is -0.406. The van der Waals surface area contributed by atoms with E-state index in [9.17, 15) is 0 Å². The molecule has 78 valence electrons. The van der Waals surface area contributed by atoms with Gasteiger partial charge >= 0.3 is 0 Å². The van der Waals surface area contributed by atoms with Crippen LogP contribution in [0.2, 0.25) is 5.02 Å². The molecule has 0 aromatic heterocycles. The molecule has 0 spiro atoms. The Morgan fingerprint density at radius 1 is 1.36 bits per heavy atom. The molecule has 1 rings (SSSR count). The van der Waals surface area contributed by atoms with Gasteiger partial charge in [0.2, 0.25) is 0 Å². The number of anilines is 2. The fourth-order valence-electron chi connectivity index (χ4n) is 1.02. The molecule has 0 fully saturated rings. The van der Waals surface area contributed by atoms with Crippen LogP contribution in [0.5, 0.6) is 0 Å². The fraction of sp³-hybridized carbons (Fsp3) is 0.333. The zero-order valence-corrected chi connectivity index (χ0v) is 8.33. The highest BCUT2D eigenvalue weighted by Crippen LogP contribution is 2.24. The molecular weight excluding hydrogens is 204 g/mol. The molecule has 0 bridgehead atoms. The maximum atomic E-state index is 8.84. The first kappa shape index (κ1) is 11.1. The van der Waals surface area contributed by atoms with E-state index < -0.39 is 6.04 Å². The van der Waals surface area contributed by atoms with Gasteiger partial charge in [-0.2, -0.15) is 0 Å². The first-order valence-electron chi connectivity index (χ1n) is 4.20. The third kappa shape index (κ3) is 2.77. The highest BCUT2D eigenvalue weighted by atomic mass is 35.5. The molecule has 0 unspecified atom stereocenters. The molecule has 1 aromatic rings. The zero-order chi connectivity index (χ0) is 10.6. The van der Waals surface area contributed by atoms with Crippen LogP contribution >= 0.6 is 11.6 Å². The Morgan fingerprint density at radius 2 is 2.00 bits per heavy atom. The highest BCUT2D eigenvalue weighted by Gasteiger charge is 2.07. The largest absolute Gasteiger partial charge is 0.399 e. The normalized spacial score (nSPS) is 10.6. The van der Waals surface area contributed by atoms with E-state index in [2.05, 4.69) is 5.32 Å². The van der Waals surface area contributed by atoms with Crippen molar-refractivity contribution in [1.82, 2.24) is 0 Å². The summed E-state index contributed by atoms with van der Waals surface area (Å²) < 4.78 is 0. The van der Waals surface area contributed by atoms with Crippen molar-refractivity contribution in [2.45, 2.75) is 6.04 Å². The van der Waals surface area contributed by atoms with Crippen LogP contribution in [0.4, 0.5) is 11.4 Å². The predicted octanol–water partition coefficient (Wildman–Crippen LogP) is 0.687. The molecule has 0 aliphatic rings. The van der Waals surface area contributed by atoms with Gasteiger partial charge in [0.25, 0.3) is 0 Å². The summed E-state index contributed by atoms with van der Waals surface area (Å²) in [6, 6.07) is 4.60. The topological polar surface area (TPSA) is 78.5 Å². The first-order valence-corrected chi connectivity index (χ1v) is 4.58. The van der Waals surface area contributed by atoms with Crippen molar-refractivity contribution >= 4 is 23.0 Å². The number of hydrogen-bond acceptors (Lipinski definition) is 4. The lowest BCUT2D eigenvalue weighted by Crippen LogP contribution is -2.27. The van der Waals surface area contributed by atoms with Crippen molar-refractivity contribution in [3.05, 3.63) is 23.2 Å². The molecule has 4 nitrogen and oxygen atoms in total. The second-order valence-corrected chi connectivity index (χ2v) is 3.35. The van der Waals surface area contributed by atoms with Crippen molar-refractivity contribution in [3.63, 3.8) is 0 Å². The van der Waals surface area contributed by atoms with Gasteiger partial charge in [-0.05, 0) is 18.2 Å². The average Bonchev–Trinajstić information content (AvgIpc) is 2.17. The first-order chi connectivity index (χ1) is 6.67. The Labute approximate surface area is 87.3 Å². The summed E-state index contributed by atoms with van der Waals surface area (Å²) in [5.41, 5.74) is 6.73. The Hall–Kier alpha value is -0.970. The van der Waals surface area contributed by atoms with Crippen LogP contribution in [0.3, 0.4) is 0 Å². The Kier molecular flexibility index (Phi) is 4.00. The standard InChI is InChI=1S/C9H13ClN2O2/c10-8-3-6(11)1-2-9(8)12-7(4-13)5-14/h1-3,7,12-14H,4-5,11H2. The molecule has 0 atom stereocenters. The van der Waals surface area contributed by atoms with Crippen LogP contribution in [0.25, 0.3) is 0 Å². The third-order valence-electron chi connectivity index (χ3n) is 1.79. The van der Waals surface area contributed by atoms with Crippen LogP contribution < -0.4 is 11.1 Å². The molecule has 0 radical (unpaired) electrons. The van der Waals surface area contributed by atoms with Crippen molar-refractivity contribution in [3.8, 4) is 0 Å². The zero-order valence-electron chi connectivity index (χ0n) is 7.57. The third-order valence-corrected chi connectivity index (χ3v) is 2.11. The summed E-state index contributed by atoms with van der Waals surface area (Å²) in [7, 11) is 0. The van der Waals surface area contributed by atoms with Crippen molar-refractivity contribution < 1.29 is 10.2 Å². The lowest BCUT2D eigenvalue weighted by Gasteiger charge is -2.15. The van der Waals surface area contributed by atoms with Gasteiger partial charge in [0.1, 0.15) is 0 Å². The van der Waals surface area contributed by atoms with E-state index >= 15 is 0 Å². The van der Waals surface area contributed by atoms with Crippen LogP contribution in [-0.2, 0) is 0 Å². The summed E-state index contributed by atoms with van der Waals surface area (Å²) in [6.07, 6.45) is 0. The van der Waals surface area contributed by atoms with E-state index in [1.165, 1.54) is 0 Å². The summed E-state index contributed by atoms with van der Waals surface area (Å²) >= 11 is 5.88. The lowest BCUT2D eigenvalue weighted by atomic mass is 10.2. The van der Waals surface area contributed by atoms with Gasteiger partial charge in [-0.15, -0.1) is 0 Å². The quantitative estimate of drug-likeness (QED) is 0.559. The number of aliphatic hydroxyl groups excluding tert-OH is 2. The lowest BCUT2D eigenvalue weighted by molar-refractivity contribution is 0.204. The van der Waals surface area contributed by atoms with E-state index in [1.54, 1.807) is 18.2 Å². The SMILES string of the molecule is Nc1ccc(NC(CO)CO)c(Cl)c1. The number of nitrogen functional groups attached to an aromatic ring is 1. The Morgan fingerprint density at radius 3 is 2.50 bits per heavy atom. The maximum Gasteiger partial charge on any atom is 0.0723 e. The molecule has 5 N–H and O–H groups in total. The van der Waals surface area contributed by atoms with Crippen LogP contribution in [0, 0.1) is 0 Å². The predicted molar refractivity (Wildman–Crippen MR) is 57.4 cm³/mol. The van der Waals surface area contributed by atoms with Crippen molar-refractivity contribution in [1.29, 1.82) is 0 Å². The van der Waals surface area contributed by atoms with Gasteiger partial charge in [-0.3, -0.25) is 0 Å². The van der Waals surface area contributed by atoms with E-state index in [4.69, 9.17) is 27.5 Å². The molecule has 1 aromatic carbocycles. The Balaban J connectivity index is 2.76. The number of nitrogens with one attached hydrogen (secondary N) is 1. The van der Waals surface area contributed by atoms with Gasteiger partial charge in [-0.25, -0.2) is 0 Å². The minimum absolute atomic E-state index is 0.156. The van der Waals surface area contributed by atoms with Gasteiger partial charge in [0.15, 0.2) is 0 Å². The average molecular weight is 217 g/mol. The summed E-state index contributed by atoms with van der Waals surface area (Å²) in [5.74, 6) is 0. The Bertz CT molecular complexity index is 303. The van der Waals surface area contributed by atoms with Gasteiger partial charge in [0.05, 0.1) is 30.0 Å². The maximum absolute atomic E-state index is 8.84. The van der Waals surface area contributed by atoms with Gasteiger partial charge in [0, 0.05) is 5.69 Å². The molecule has 0 saturated carbocycles. The molecule has 0 aliphatic carbocycles. The smallest absolute Gasteiger partial charge is 0.0723 e. The van der Waals surface area contributed by atoms with Crippen LogP contribution in [-0.4, -0.2) is 29.5 Å². The number of halogens is 1. The monoisotopic (exact) mass is 216 g/mol.